The number of fused-ring (bicyclic) bond motifs is 5. The lowest BCUT2D eigenvalue weighted by Gasteiger charge is -2.62. The molecule has 4 saturated carbocycles. The summed E-state index contributed by atoms with van der Waals surface area (Å²) in [6.07, 6.45) is 11.7. The van der Waals surface area contributed by atoms with Crippen LogP contribution >= 0.6 is 0 Å². The first kappa shape index (κ1) is 22.1. The number of hydrogen-bond acceptors (Lipinski definition) is 3. The molecule has 4 fully saturated rings. The minimum absolute atomic E-state index is 0.195. The highest BCUT2D eigenvalue weighted by Gasteiger charge is 2.62. The molecular formula is C26H46O3. The molecule has 3 heteroatoms. The van der Waals surface area contributed by atoms with Crippen LogP contribution in [0.25, 0.3) is 0 Å². The Kier molecular flexibility index (Phi) is 6.17. The summed E-state index contributed by atoms with van der Waals surface area (Å²) in [6, 6.07) is 0. The van der Waals surface area contributed by atoms with Gasteiger partial charge in [-0.3, -0.25) is 0 Å². The third-order valence-electron chi connectivity index (χ3n) is 10.8. The van der Waals surface area contributed by atoms with Gasteiger partial charge in [0.2, 0.25) is 0 Å². The molecule has 4 rings (SSSR count). The Bertz CT molecular complexity index is 578. The monoisotopic (exact) mass is 406 g/mol. The molecule has 0 radical (unpaired) electrons. The van der Waals surface area contributed by atoms with Crippen LogP contribution in [0.5, 0.6) is 0 Å². The van der Waals surface area contributed by atoms with Crippen molar-refractivity contribution in [3.8, 4) is 0 Å². The highest BCUT2D eigenvalue weighted by molar-refractivity contribution is 5.11. The zero-order valence-corrected chi connectivity index (χ0v) is 19.6. The molecule has 0 aromatic heterocycles. The molecule has 29 heavy (non-hydrogen) atoms. The third kappa shape index (κ3) is 3.61. The van der Waals surface area contributed by atoms with E-state index in [1.807, 2.05) is 7.11 Å². The van der Waals surface area contributed by atoms with E-state index in [1.54, 1.807) is 0 Å². The van der Waals surface area contributed by atoms with Gasteiger partial charge in [0.15, 0.2) is 0 Å². The van der Waals surface area contributed by atoms with Crippen molar-refractivity contribution in [3.05, 3.63) is 0 Å². The highest BCUT2D eigenvalue weighted by Crippen LogP contribution is 2.68. The largest absolute Gasteiger partial charge is 0.393 e. The average Bonchev–Trinajstić information content (AvgIpc) is 3.05. The molecule has 4 aliphatic rings. The number of methoxy groups -OCH3 is 1. The van der Waals surface area contributed by atoms with E-state index in [0.717, 1.165) is 49.4 Å². The Morgan fingerprint density at radius 1 is 0.862 bits per heavy atom. The lowest BCUT2D eigenvalue weighted by atomic mass is 9.44. The molecule has 168 valence electrons. The highest BCUT2D eigenvalue weighted by atomic mass is 16.5. The molecule has 0 heterocycles. The summed E-state index contributed by atoms with van der Waals surface area (Å²) in [5.74, 6) is 4.13. The van der Waals surface area contributed by atoms with Gasteiger partial charge < -0.3 is 14.9 Å². The van der Waals surface area contributed by atoms with E-state index in [0.29, 0.717) is 23.4 Å². The first-order valence-corrected chi connectivity index (χ1v) is 12.6. The van der Waals surface area contributed by atoms with Crippen molar-refractivity contribution in [1.82, 2.24) is 0 Å². The predicted octanol–water partition coefficient (Wildman–Crippen LogP) is 5.43. The maximum Gasteiger partial charge on any atom is 0.0577 e. The molecule has 0 aromatic rings. The van der Waals surface area contributed by atoms with E-state index in [4.69, 9.17) is 4.74 Å². The Balaban J connectivity index is 1.51. The molecule has 11 atom stereocenters. The van der Waals surface area contributed by atoms with E-state index in [1.165, 1.54) is 38.5 Å². The van der Waals surface area contributed by atoms with Crippen molar-refractivity contribution in [2.45, 2.75) is 110 Å². The average molecular weight is 407 g/mol. The molecule has 0 spiro atoms. The Morgan fingerprint density at radius 3 is 2.28 bits per heavy atom. The van der Waals surface area contributed by atoms with Crippen molar-refractivity contribution in [2.75, 3.05) is 7.11 Å². The van der Waals surface area contributed by atoms with E-state index in [-0.39, 0.29) is 17.6 Å². The standard InChI is InChI=1S/C26H46O3/c1-16(6-7-17(2)29-5)20-8-9-21-19-15-24(28)23-14-18(27)10-12-26(23,4)22(19)11-13-25(20,21)3/h16-24,27-28H,6-15H2,1-5H3. The summed E-state index contributed by atoms with van der Waals surface area (Å²) < 4.78 is 5.50. The summed E-state index contributed by atoms with van der Waals surface area (Å²) >= 11 is 0. The molecule has 11 unspecified atom stereocenters. The fraction of sp³-hybridized carbons (Fsp3) is 1.00. The topological polar surface area (TPSA) is 49.7 Å². The zero-order valence-electron chi connectivity index (χ0n) is 19.6. The van der Waals surface area contributed by atoms with Gasteiger partial charge in [0.05, 0.1) is 18.3 Å². The van der Waals surface area contributed by atoms with Crippen molar-refractivity contribution >= 4 is 0 Å². The lowest BCUT2D eigenvalue weighted by molar-refractivity contribution is -0.172. The van der Waals surface area contributed by atoms with Crippen molar-refractivity contribution in [2.24, 2.45) is 46.3 Å². The zero-order chi connectivity index (χ0) is 21.0. The first-order valence-electron chi connectivity index (χ1n) is 12.6. The lowest BCUT2D eigenvalue weighted by Crippen LogP contribution is -2.58. The van der Waals surface area contributed by atoms with Gasteiger partial charge in [-0.25, -0.2) is 0 Å². The van der Waals surface area contributed by atoms with Crippen LogP contribution in [0.4, 0.5) is 0 Å². The maximum absolute atomic E-state index is 11.2. The number of rotatable bonds is 5. The SMILES string of the molecule is COC(C)CCC(C)C1CCC2C3CC(O)C4CC(O)CCC4(C)C3CCC12C. The van der Waals surface area contributed by atoms with Crippen molar-refractivity contribution < 1.29 is 14.9 Å². The van der Waals surface area contributed by atoms with E-state index in [9.17, 15) is 10.2 Å². The van der Waals surface area contributed by atoms with Gasteiger partial charge in [0.1, 0.15) is 0 Å². The smallest absolute Gasteiger partial charge is 0.0577 e. The van der Waals surface area contributed by atoms with Crippen LogP contribution in [-0.4, -0.2) is 35.6 Å². The molecule has 0 aromatic carbocycles. The molecule has 0 amide bonds. The number of aliphatic hydroxyl groups is 2. The number of hydrogen-bond donors (Lipinski definition) is 2. The first-order chi connectivity index (χ1) is 13.7. The van der Waals surface area contributed by atoms with Crippen molar-refractivity contribution in [1.29, 1.82) is 0 Å². The van der Waals surface area contributed by atoms with Gasteiger partial charge >= 0.3 is 0 Å². The van der Waals surface area contributed by atoms with Gasteiger partial charge in [-0.15, -0.1) is 0 Å². The molecule has 0 bridgehead atoms. The summed E-state index contributed by atoms with van der Waals surface area (Å²) in [6.45, 7) is 9.75. The maximum atomic E-state index is 11.2. The number of aliphatic hydroxyl groups excluding tert-OH is 2. The van der Waals surface area contributed by atoms with Gasteiger partial charge in [0.25, 0.3) is 0 Å². The van der Waals surface area contributed by atoms with E-state index >= 15 is 0 Å². The van der Waals surface area contributed by atoms with E-state index in [2.05, 4.69) is 27.7 Å². The van der Waals surface area contributed by atoms with Gasteiger partial charge in [-0.2, -0.15) is 0 Å². The van der Waals surface area contributed by atoms with Gasteiger partial charge in [-0.1, -0.05) is 20.8 Å². The Morgan fingerprint density at radius 2 is 1.55 bits per heavy atom. The van der Waals surface area contributed by atoms with E-state index < -0.39 is 0 Å². The molecule has 0 aliphatic heterocycles. The molecule has 2 N–H and O–H groups in total. The summed E-state index contributed by atoms with van der Waals surface area (Å²) in [5, 5.41) is 21.4. The second-order valence-electron chi connectivity index (χ2n) is 12.0. The second kappa shape index (κ2) is 8.10. The van der Waals surface area contributed by atoms with Crippen LogP contribution in [0, 0.1) is 46.3 Å². The van der Waals surface area contributed by atoms with Crippen LogP contribution in [-0.2, 0) is 4.74 Å². The minimum atomic E-state index is -0.211. The Hall–Kier alpha value is -0.120. The predicted molar refractivity (Wildman–Crippen MR) is 117 cm³/mol. The van der Waals surface area contributed by atoms with Crippen LogP contribution in [0.3, 0.4) is 0 Å². The third-order valence-corrected chi connectivity index (χ3v) is 10.8. The van der Waals surface area contributed by atoms with Crippen LogP contribution < -0.4 is 0 Å². The molecule has 0 saturated heterocycles. The van der Waals surface area contributed by atoms with Crippen molar-refractivity contribution in [3.63, 3.8) is 0 Å². The van der Waals surface area contributed by atoms with Gasteiger partial charge in [-0.05, 0) is 117 Å². The van der Waals surface area contributed by atoms with Crippen LogP contribution in [0.1, 0.15) is 91.9 Å². The quantitative estimate of drug-likeness (QED) is 0.640. The minimum Gasteiger partial charge on any atom is -0.393 e. The molecule has 4 aliphatic carbocycles. The fourth-order valence-electron chi connectivity index (χ4n) is 9.07. The summed E-state index contributed by atoms with van der Waals surface area (Å²) in [7, 11) is 1.83. The fourth-order valence-corrected chi connectivity index (χ4v) is 9.07. The van der Waals surface area contributed by atoms with Gasteiger partial charge in [0, 0.05) is 7.11 Å². The second-order valence-corrected chi connectivity index (χ2v) is 12.0. The number of ether oxygens (including phenoxy) is 1. The van der Waals surface area contributed by atoms with Crippen LogP contribution in [0.2, 0.25) is 0 Å². The molecule has 3 nitrogen and oxygen atoms in total. The molecular weight excluding hydrogens is 360 g/mol. The normalized spacial score (nSPS) is 51.6. The Labute approximate surface area is 179 Å². The van der Waals surface area contributed by atoms with Crippen LogP contribution in [0.15, 0.2) is 0 Å². The summed E-state index contributed by atoms with van der Waals surface area (Å²) in [4.78, 5) is 0. The summed E-state index contributed by atoms with van der Waals surface area (Å²) in [5.41, 5.74) is 0.689.